The second-order valence-electron chi connectivity index (χ2n) is 5.27. The van der Waals surface area contributed by atoms with Crippen LogP contribution in [0, 0.1) is 20.8 Å². The molecule has 2 rings (SSSR count). The van der Waals surface area contributed by atoms with Gasteiger partial charge in [0.15, 0.2) is 0 Å². The molecule has 2 nitrogen and oxygen atoms in total. The number of hydrogen-bond acceptors (Lipinski definition) is 1. The number of benzene rings is 2. The fourth-order valence-electron chi connectivity index (χ4n) is 2.49. The Morgan fingerprint density at radius 1 is 1.00 bits per heavy atom. The van der Waals surface area contributed by atoms with E-state index in [9.17, 15) is 18.0 Å². The molecule has 0 heterocycles. The van der Waals surface area contributed by atoms with Gasteiger partial charge in [0.1, 0.15) is 0 Å². The number of amides is 1. The molecule has 5 heteroatoms. The van der Waals surface area contributed by atoms with Gasteiger partial charge in [-0.2, -0.15) is 13.2 Å². The topological polar surface area (TPSA) is 29.1 Å². The van der Waals surface area contributed by atoms with Crippen LogP contribution in [-0.4, -0.2) is 5.91 Å². The Balaban J connectivity index is 2.40. The summed E-state index contributed by atoms with van der Waals surface area (Å²) in [4.78, 5) is 12.3. The summed E-state index contributed by atoms with van der Waals surface area (Å²) < 4.78 is 38.9. The normalized spacial score (nSPS) is 11.4. The van der Waals surface area contributed by atoms with Crippen molar-refractivity contribution in [3.63, 3.8) is 0 Å². The SMILES string of the molecule is Cc1cc(C)c(NC(=O)c2ccccc2C(F)(F)F)c(C)c1. The van der Waals surface area contributed by atoms with E-state index in [0.29, 0.717) is 5.69 Å². The standard InChI is InChI=1S/C17H16F3NO/c1-10-8-11(2)15(12(3)9-10)21-16(22)13-6-4-5-7-14(13)17(18,19)20/h4-9H,1-3H3,(H,21,22). The lowest BCUT2D eigenvalue weighted by Gasteiger charge is -2.15. The average Bonchev–Trinajstić information content (AvgIpc) is 2.41. The zero-order valence-electron chi connectivity index (χ0n) is 12.5. The van der Waals surface area contributed by atoms with Crippen LogP contribution in [0.4, 0.5) is 18.9 Å². The van der Waals surface area contributed by atoms with Gasteiger partial charge < -0.3 is 5.32 Å². The quantitative estimate of drug-likeness (QED) is 0.841. The molecule has 0 saturated carbocycles. The van der Waals surface area contributed by atoms with E-state index >= 15 is 0 Å². The Kier molecular flexibility index (Phi) is 4.26. The number of rotatable bonds is 2. The van der Waals surface area contributed by atoms with Crippen LogP contribution in [0.2, 0.25) is 0 Å². The largest absolute Gasteiger partial charge is 0.417 e. The number of anilines is 1. The van der Waals surface area contributed by atoms with Crippen molar-refractivity contribution in [1.82, 2.24) is 0 Å². The zero-order chi connectivity index (χ0) is 16.5. The first-order chi connectivity index (χ1) is 10.2. The number of carbonyl (C=O) groups excluding carboxylic acids is 1. The van der Waals surface area contributed by atoms with Gasteiger partial charge >= 0.3 is 6.18 Å². The lowest BCUT2D eigenvalue weighted by molar-refractivity contribution is -0.137. The molecule has 0 bridgehead atoms. The number of halogens is 3. The van der Waals surface area contributed by atoms with Gasteiger partial charge in [-0.1, -0.05) is 29.8 Å². The van der Waals surface area contributed by atoms with Crippen molar-refractivity contribution in [2.24, 2.45) is 0 Å². The molecule has 2 aromatic rings. The highest BCUT2D eigenvalue weighted by atomic mass is 19.4. The fourth-order valence-corrected chi connectivity index (χ4v) is 2.49. The highest BCUT2D eigenvalue weighted by Gasteiger charge is 2.34. The molecule has 0 spiro atoms. The minimum Gasteiger partial charge on any atom is -0.321 e. The minimum atomic E-state index is -4.56. The minimum absolute atomic E-state index is 0.380. The summed E-state index contributed by atoms with van der Waals surface area (Å²) in [5.41, 5.74) is 1.89. The Morgan fingerprint density at radius 3 is 2.09 bits per heavy atom. The van der Waals surface area contributed by atoms with Crippen LogP contribution in [0.25, 0.3) is 0 Å². The predicted octanol–water partition coefficient (Wildman–Crippen LogP) is 4.88. The maximum atomic E-state index is 13.0. The van der Waals surface area contributed by atoms with Crippen LogP contribution < -0.4 is 5.32 Å². The number of hydrogen-bond donors (Lipinski definition) is 1. The fraction of sp³-hybridized carbons (Fsp3) is 0.235. The van der Waals surface area contributed by atoms with Gasteiger partial charge in [0.2, 0.25) is 0 Å². The molecule has 1 N–H and O–H groups in total. The molecule has 0 aliphatic carbocycles. The van der Waals surface area contributed by atoms with Crippen LogP contribution in [0.15, 0.2) is 36.4 Å². The Hall–Kier alpha value is -2.30. The van der Waals surface area contributed by atoms with Gasteiger partial charge in [-0.15, -0.1) is 0 Å². The summed E-state index contributed by atoms with van der Waals surface area (Å²) in [6.45, 7) is 5.54. The monoisotopic (exact) mass is 307 g/mol. The lowest BCUT2D eigenvalue weighted by Crippen LogP contribution is -2.19. The molecule has 0 fully saturated rings. The molecule has 0 saturated heterocycles. The van der Waals surface area contributed by atoms with E-state index in [2.05, 4.69) is 5.32 Å². The number of alkyl halides is 3. The van der Waals surface area contributed by atoms with Crippen molar-refractivity contribution in [3.8, 4) is 0 Å². The van der Waals surface area contributed by atoms with E-state index < -0.39 is 17.6 Å². The van der Waals surface area contributed by atoms with Crippen molar-refractivity contribution < 1.29 is 18.0 Å². The molecule has 0 atom stereocenters. The first-order valence-electron chi connectivity index (χ1n) is 6.75. The van der Waals surface area contributed by atoms with E-state index in [-0.39, 0.29) is 5.56 Å². The van der Waals surface area contributed by atoms with Crippen LogP contribution in [0.1, 0.15) is 32.6 Å². The molecule has 22 heavy (non-hydrogen) atoms. The Morgan fingerprint density at radius 2 is 1.55 bits per heavy atom. The zero-order valence-corrected chi connectivity index (χ0v) is 12.5. The third kappa shape index (κ3) is 3.30. The van der Waals surface area contributed by atoms with Gasteiger partial charge in [-0.05, 0) is 44.0 Å². The molecule has 0 unspecified atom stereocenters. The van der Waals surface area contributed by atoms with Crippen LogP contribution in [0.3, 0.4) is 0 Å². The van der Waals surface area contributed by atoms with E-state index in [1.165, 1.54) is 18.2 Å². The predicted molar refractivity (Wildman–Crippen MR) is 80.1 cm³/mol. The maximum Gasteiger partial charge on any atom is 0.417 e. The summed E-state index contributed by atoms with van der Waals surface area (Å²) in [6.07, 6.45) is -4.56. The summed E-state index contributed by atoms with van der Waals surface area (Å²) >= 11 is 0. The number of carbonyl (C=O) groups is 1. The van der Waals surface area contributed by atoms with E-state index in [1.54, 1.807) is 0 Å². The van der Waals surface area contributed by atoms with Crippen molar-refractivity contribution >= 4 is 11.6 Å². The lowest BCUT2D eigenvalue weighted by atomic mass is 10.0. The van der Waals surface area contributed by atoms with E-state index in [1.807, 2.05) is 32.9 Å². The Bertz CT molecular complexity index is 697. The smallest absolute Gasteiger partial charge is 0.321 e. The molecule has 2 aromatic carbocycles. The molecule has 0 aromatic heterocycles. The second-order valence-corrected chi connectivity index (χ2v) is 5.27. The van der Waals surface area contributed by atoms with Crippen molar-refractivity contribution in [2.45, 2.75) is 26.9 Å². The van der Waals surface area contributed by atoms with E-state index in [0.717, 1.165) is 22.8 Å². The van der Waals surface area contributed by atoms with Crippen molar-refractivity contribution in [2.75, 3.05) is 5.32 Å². The van der Waals surface area contributed by atoms with Gasteiger partial charge in [0.05, 0.1) is 11.1 Å². The molecular formula is C17H16F3NO. The van der Waals surface area contributed by atoms with Gasteiger partial charge in [-0.25, -0.2) is 0 Å². The first kappa shape index (κ1) is 16.1. The van der Waals surface area contributed by atoms with E-state index in [4.69, 9.17) is 0 Å². The molecule has 1 amide bonds. The third-order valence-corrected chi connectivity index (χ3v) is 3.39. The average molecular weight is 307 g/mol. The van der Waals surface area contributed by atoms with Gasteiger partial charge in [0.25, 0.3) is 5.91 Å². The summed E-state index contributed by atoms with van der Waals surface area (Å²) in [6, 6.07) is 8.51. The highest BCUT2D eigenvalue weighted by molar-refractivity contribution is 6.06. The maximum absolute atomic E-state index is 13.0. The van der Waals surface area contributed by atoms with Crippen molar-refractivity contribution in [3.05, 3.63) is 64.2 Å². The molecule has 0 radical (unpaired) electrons. The highest BCUT2D eigenvalue weighted by Crippen LogP contribution is 2.32. The molecular weight excluding hydrogens is 291 g/mol. The molecule has 0 aliphatic rings. The number of aryl methyl sites for hydroxylation is 3. The van der Waals surface area contributed by atoms with Crippen LogP contribution >= 0.6 is 0 Å². The summed E-state index contributed by atoms with van der Waals surface area (Å²) in [5, 5.41) is 2.60. The van der Waals surface area contributed by atoms with Crippen LogP contribution in [0.5, 0.6) is 0 Å². The van der Waals surface area contributed by atoms with Gasteiger partial charge in [0, 0.05) is 5.69 Å². The molecule has 0 aliphatic heterocycles. The van der Waals surface area contributed by atoms with Crippen molar-refractivity contribution in [1.29, 1.82) is 0 Å². The second kappa shape index (κ2) is 5.83. The third-order valence-electron chi connectivity index (χ3n) is 3.39. The number of nitrogens with one attached hydrogen (secondary N) is 1. The van der Waals surface area contributed by atoms with Gasteiger partial charge in [-0.3, -0.25) is 4.79 Å². The first-order valence-corrected chi connectivity index (χ1v) is 6.75. The summed E-state index contributed by atoms with van der Waals surface area (Å²) in [5.74, 6) is -0.761. The van der Waals surface area contributed by atoms with Crippen LogP contribution in [-0.2, 0) is 6.18 Å². The summed E-state index contributed by atoms with van der Waals surface area (Å²) in [7, 11) is 0. The molecule has 116 valence electrons. The Labute approximate surface area is 127 Å².